The van der Waals surface area contributed by atoms with E-state index in [0.29, 0.717) is 6.54 Å². The molecule has 0 saturated heterocycles. The maximum absolute atomic E-state index is 9.19. The molecule has 0 fully saturated rings. The fourth-order valence-electron chi connectivity index (χ4n) is 1.80. The molecule has 19 heavy (non-hydrogen) atoms. The normalized spacial score (nSPS) is 10.3. The molecular formula is C14H15BrN2O2. The van der Waals surface area contributed by atoms with E-state index in [1.165, 1.54) is 6.20 Å². The number of nitrogens with one attached hydrogen (secondary N) is 1. The zero-order chi connectivity index (χ0) is 13.8. The van der Waals surface area contributed by atoms with Gasteiger partial charge in [-0.15, -0.1) is 0 Å². The van der Waals surface area contributed by atoms with E-state index in [4.69, 9.17) is 4.74 Å². The standard InChI is InChI=1S/C14H15BrN2O2/c1-9-5-10(15)6-13(19-2)14(9)17-7-11-3-4-12(18)8-16-11/h3-6,8,17-18H,7H2,1-2H3. The molecule has 0 aliphatic rings. The van der Waals surface area contributed by atoms with Crippen molar-refractivity contribution in [1.29, 1.82) is 0 Å². The molecule has 1 aromatic carbocycles. The van der Waals surface area contributed by atoms with E-state index < -0.39 is 0 Å². The van der Waals surface area contributed by atoms with E-state index in [9.17, 15) is 5.11 Å². The molecule has 2 aromatic rings. The van der Waals surface area contributed by atoms with Crippen LogP contribution in [0.25, 0.3) is 0 Å². The highest BCUT2D eigenvalue weighted by atomic mass is 79.9. The molecule has 0 aliphatic carbocycles. The second kappa shape index (κ2) is 5.93. The minimum absolute atomic E-state index is 0.168. The molecule has 0 saturated carbocycles. The fraction of sp³-hybridized carbons (Fsp3) is 0.214. The summed E-state index contributed by atoms with van der Waals surface area (Å²) >= 11 is 3.44. The molecule has 1 aromatic heterocycles. The molecule has 1 heterocycles. The molecule has 2 rings (SSSR count). The maximum Gasteiger partial charge on any atom is 0.143 e. The minimum Gasteiger partial charge on any atom is -0.506 e. The first-order valence-corrected chi connectivity index (χ1v) is 6.61. The largest absolute Gasteiger partial charge is 0.506 e. The number of methoxy groups -OCH3 is 1. The second-order valence-corrected chi connectivity index (χ2v) is 5.08. The lowest BCUT2D eigenvalue weighted by Crippen LogP contribution is -2.04. The van der Waals surface area contributed by atoms with Gasteiger partial charge in [0.2, 0.25) is 0 Å². The van der Waals surface area contributed by atoms with E-state index in [1.54, 1.807) is 19.2 Å². The van der Waals surface area contributed by atoms with Crippen LogP contribution >= 0.6 is 15.9 Å². The van der Waals surface area contributed by atoms with Gasteiger partial charge in [0, 0.05) is 4.47 Å². The Balaban J connectivity index is 2.17. The number of benzene rings is 1. The first-order valence-electron chi connectivity index (χ1n) is 5.82. The fourth-order valence-corrected chi connectivity index (χ4v) is 2.35. The van der Waals surface area contributed by atoms with Crippen molar-refractivity contribution < 1.29 is 9.84 Å². The van der Waals surface area contributed by atoms with Gasteiger partial charge in [0.25, 0.3) is 0 Å². The Morgan fingerprint density at radius 2 is 2.16 bits per heavy atom. The average Bonchev–Trinajstić information content (AvgIpc) is 2.39. The number of nitrogens with zero attached hydrogens (tertiary/aromatic N) is 1. The Kier molecular flexibility index (Phi) is 4.27. The average molecular weight is 323 g/mol. The molecule has 0 spiro atoms. The van der Waals surface area contributed by atoms with Crippen molar-refractivity contribution in [3.63, 3.8) is 0 Å². The summed E-state index contributed by atoms with van der Waals surface area (Å²) in [5.41, 5.74) is 2.88. The third-order valence-corrected chi connectivity index (χ3v) is 3.20. The van der Waals surface area contributed by atoms with Gasteiger partial charge in [-0.3, -0.25) is 4.98 Å². The Bertz CT molecular complexity index is 570. The summed E-state index contributed by atoms with van der Waals surface area (Å²) in [6, 6.07) is 7.34. The van der Waals surface area contributed by atoms with Gasteiger partial charge in [-0.1, -0.05) is 15.9 Å². The lowest BCUT2D eigenvalue weighted by Gasteiger charge is -2.14. The predicted octanol–water partition coefficient (Wildman–Crippen LogP) is 3.48. The zero-order valence-corrected chi connectivity index (χ0v) is 12.4. The zero-order valence-electron chi connectivity index (χ0n) is 10.8. The van der Waals surface area contributed by atoms with Crippen molar-refractivity contribution in [3.05, 3.63) is 46.2 Å². The van der Waals surface area contributed by atoms with Crippen LogP contribution < -0.4 is 10.1 Å². The van der Waals surface area contributed by atoms with Crippen molar-refractivity contribution in [1.82, 2.24) is 4.98 Å². The Morgan fingerprint density at radius 1 is 1.37 bits per heavy atom. The quantitative estimate of drug-likeness (QED) is 0.904. The highest BCUT2D eigenvalue weighted by Gasteiger charge is 2.08. The predicted molar refractivity (Wildman–Crippen MR) is 78.7 cm³/mol. The summed E-state index contributed by atoms with van der Waals surface area (Å²) in [6.07, 6.45) is 1.43. The minimum atomic E-state index is 0.168. The van der Waals surface area contributed by atoms with Gasteiger partial charge in [0.1, 0.15) is 11.5 Å². The van der Waals surface area contributed by atoms with Gasteiger partial charge < -0.3 is 15.2 Å². The number of rotatable bonds is 4. The summed E-state index contributed by atoms with van der Waals surface area (Å²) in [7, 11) is 1.64. The lowest BCUT2D eigenvalue weighted by molar-refractivity contribution is 0.416. The third-order valence-electron chi connectivity index (χ3n) is 2.74. The van der Waals surface area contributed by atoms with Crippen LogP contribution in [0.3, 0.4) is 0 Å². The Morgan fingerprint density at radius 3 is 2.79 bits per heavy atom. The molecule has 0 bridgehead atoms. The summed E-state index contributed by atoms with van der Waals surface area (Å²) in [5, 5.41) is 12.5. The number of hydrogen-bond donors (Lipinski definition) is 2. The van der Waals surface area contributed by atoms with Crippen LogP contribution in [0.2, 0.25) is 0 Å². The Labute approximate surface area is 120 Å². The lowest BCUT2D eigenvalue weighted by atomic mass is 10.2. The van der Waals surface area contributed by atoms with E-state index in [-0.39, 0.29) is 5.75 Å². The number of hydrogen-bond acceptors (Lipinski definition) is 4. The van der Waals surface area contributed by atoms with E-state index in [0.717, 1.165) is 27.2 Å². The summed E-state index contributed by atoms with van der Waals surface area (Å²) in [4.78, 5) is 4.13. The number of pyridine rings is 1. The smallest absolute Gasteiger partial charge is 0.143 e. The Hall–Kier alpha value is -1.75. The van der Waals surface area contributed by atoms with E-state index in [1.807, 2.05) is 19.1 Å². The van der Waals surface area contributed by atoms with Crippen molar-refractivity contribution >= 4 is 21.6 Å². The van der Waals surface area contributed by atoms with Crippen molar-refractivity contribution in [2.24, 2.45) is 0 Å². The van der Waals surface area contributed by atoms with Crippen LogP contribution in [0.15, 0.2) is 34.9 Å². The van der Waals surface area contributed by atoms with Gasteiger partial charge in [-0.05, 0) is 36.8 Å². The van der Waals surface area contributed by atoms with Crippen LogP contribution in [0.4, 0.5) is 5.69 Å². The molecule has 2 N–H and O–H groups in total. The van der Waals surface area contributed by atoms with Crippen molar-refractivity contribution in [2.75, 3.05) is 12.4 Å². The maximum atomic E-state index is 9.19. The van der Waals surface area contributed by atoms with E-state index >= 15 is 0 Å². The summed E-state index contributed by atoms with van der Waals surface area (Å²) in [6.45, 7) is 2.58. The van der Waals surface area contributed by atoms with Crippen molar-refractivity contribution in [3.8, 4) is 11.5 Å². The number of ether oxygens (including phenoxy) is 1. The monoisotopic (exact) mass is 322 g/mol. The van der Waals surface area contributed by atoms with Crippen molar-refractivity contribution in [2.45, 2.75) is 13.5 Å². The highest BCUT2D eigenvalue weighted by Crippen LogP contribution is 2.32. The van der Waals surface area contributed by atoms with Gasteiger partial charge in [0.05, 0.1) is 31.2 Å². The molecule has 5 heteroatoms. The number of aromatic nitrogens is 1. The van der Waals surface area contributed by atoms with Crippen LogP contribution in [0.5, 0.6) is 11.5 Å². The molecule has 0 atom stereocenters. The summed E-state index contributed by atoms with van der Waals surface area (Å²) in [5.74, 6) is 0.951. The molecule has 4 nitrogen and oxygen atoms in total. The first kappa shape index (κ1) is 13.7. The SMILES string of the molecule is COc1cc(Br)cc(C)c1NCc1ccc(O)cn1. The number of aryl methyl sites for hydroxylation is 1. The van der Waals surface area contributed by atoms with Crippen LogP contribution in [0, 0.1) is 6.92 Å². The second-order valence-electron chi connectivity index (χ2n) is 4.16. The van der Waals surface area contributed by atoms with E-state index in [2.05, 4.69) is 26.2 Å². The molecule has 0 radical (unpaired) electrons. The first-order chi connectivity index (χ1) is 9.10. The topological polar surface area (TPSA) is 54.4 Å². The molecule has 0 aliphatic heterocycles. The van der Waals surface area contributed by atoms with Gasteiger partial charge in [-0.25, -0.2) is 0 Å². The van der Waals surface area contributed by atoms with Crippen LogP contribution in [-0.4, -0.2) is 17.2 Å². The van der Waals surface area contributed by atoms with Crippen LogP contribution in [0.1, 0.15) is 11.3 Å². The molecular weight excluding hydrogens is 308 g/mol. The molecule has 100 valence electrons. The van der Waals surface area contributed by atoms with Gasteiger partial charge in [-0.2, -0.15) is 0 Å². The molecule has 0 unspecified atom stereocenters. The highest BCUT2D eigenvalue weighted by molar-refractivity contribution is 9.10. The number of anilines is 1. The summed E-state index contributed by atoms with van der Waals surface area (Å²) < 4.78 is 6.34. The van der Waals surface area contributed by atoms with Gasteiger partial charge >= 0.3 is 0 Å². The molecule has 0 amide bonds. The van der Waals surface area contributed by atoms with Gasteiger partial charge in [0.15, 0.2) is 0 Å². The number of aromatic hydroxyl groups is 1. The van der Waals surface area contributed by atoms with Crippen LogP contribution in [-0.2, 0) is 6.54 Å². The third kappa shape index (κ3) is 3.38. The number of halogens is 1.